The van der Waals surface area contributed by atoms with E-state index in [1.165, 1.54) is 0 Å². The van der Waals surface area contributed by atoms with Gasteiger partial charge in [-0.05, 0) is 38.1 Å². The van der Waals surface area contributed by atoms with E-state index < -0.39 is 0 Å². The molecule has 0 saturated heterocycles. The lowest BCUT2D eigenvalue weighted by atomic mass is 10.1. The quantitative estimate of drug-likeness (QED) is 0.758. The van der Waals surface area contributed by atoms with Crippen molar-refractivity contribution in [3.63, 3.8) is 0 Å². The van der Waals surface area contributed by atoms with Crippen LogP contribution in [0.2, 0.25) is 0 Å². The molecule has 0 aliphatic carbocycles. The Labute approximate surface area is 109 Å². The molecule has 0 radical (unpaired) electrons. The summed E-state index contributed by atoms with van der Waals surface area (Å²) in [5.74, 6) is 0.695. The number of nitrogens with zero attached hydrogens (tertiary/aromatic N) is 1. The Kier molecular flexibility index (Phi) is 5.95. The maximum Gasteiger partial charge on any atom is 0.160 e. The summed E-state index contributed by atoms with van der Waals surface area (Å²) >= 11 is 0. The molecule has 0 aliphatic heterocycles. The summed E-state index contributed by atoms with van der Waals surface area (Å²) in [6, 6.07) is 5.76. The molecule has 1 aromatic carbocycles. The number of benzene rings is 1. The predicted octanol–water partition coefficient (Wildman–Crippen LogP) is 2.43. The zero-order valence-electron chi connectivity index (χ0n) is 11.6. The highest BCUT2D eigenvalue weighted by Gasteiger charge is 2.13. The van der Waals surface area contributed by atoms with Gasteiger partial charge in [0, 0.05) is 26.3 Å². The smallest absolute Gasteiger partial charge is 0.160 e. The number of hydrogen-bond acceptors (Lipinski definition) is 4. The summed E-state index contributed by atoms with van der Waals surface area (Å²) in [6.45, 7) is 3.88. The third kappa shape index (κ3) is 3.89. The summed E-state index contributed by atoms with van der Waals surface area (Å²) in [4.78, 5) is 2.25. The molecule has 0 spiro atoms. The standard InChI is InChI=1S/C14H23NO3/c1-11(15(2)8-5-9-17-3)12-6-7-13(16)14(10-12)18-4/h6-7,10-11,16H,5,8-9H2,1-4H3. The van der Waals surface area contributed by atoms with Crippen molar-refractivity contribution in [2.75, 3.05) is 34.4 Å². The van der Waals surface area contributed by atoms with Crippen LogP contribution in [0.4, 0.5) is 0 Å². The van der Waals surface area contributed by atoms with Crippen LogP contribution in [0, 0.1) is 0 Å². The molecule has 1 N–H and O–H groups in total. The van der Waals surface area contributed by atoms with Crippen molar-refractivity contribution < 1.29 is 14.6 Å². The van der Waals surface area contributed by atoms with Crippen LogP contribution < -0.4 is 4.74 Å². The van der Waals surface area contributed by atoms with Gasteiger partial charge in [-0.2, -0.15) is 0 Å². The van der Waals surface area contributed by atoms with Crippen LogP contribution in [0.1, 0.15) is 24.9 Å². The van der Waals surface area contributed by atoms with Crippen LogP contribution in [0.5, 0.6) is 11.5 Å². The number of ether oxygens (including phenoxy) is 2. The van der Waals surface area contributed by atoms with Gasteiger partial charge in [-0.1, -0.05) is 6.07 Å². The number of hydrogen-bond donors (Lipinski definition) is 1. The van der Waals surface area contributed by atoms with Gasteiger partial charge >= 0.3 is 0 Å². The van der Waals surface area contributed by atoms with Gasteiger partial charge in [-0.25, -0.2) is 0 Å². The average Bonchev–Trinajstić information content (AvgIpc) is 2.38. The summed E-state index contributed by atoms with van der Waals surface area (Å²) < 4.78 is 10.2. The van der Waals surface area contributed by atoms with Gasteiger partial charge in [0.25, 0.3) is 0 Å². The Morgan fingerprint density at radius 3 is 2.67 bits per heavy atom. The molecule has 0 aromatic heterocycles. The van der Waals surface area contributed by atoms with Gasteiger partial charge in [0.1, 0.15) is 0 Å². The minimum Gasteiger partial charge on any atom is -0.504 e. The van der Waals surface area contributed by atoms with Gasteiger partial charge in [0.05, 0.1) is 7.11 Å². The lowest BCUT2D eigenvalue weighted by molar-refractivity contribution is 0.168. The lowest BCUT2D eigenvalue weighted by Gasteiger charge is -2.25. The first-order valence-electron chi connectivity index (χ1n) is 6.16. The van der Waals surface area contributed by atoms with E-state index in [1.807, 2.05) is 12.1 Å². The second kappa shape index (κ2) is 7.24. The molecule has 18 heavy (non-hydrogen) atoms. The topological polar surface area (TPSA) is 41.9 Å². The molecule has 0 saturated carbocycles. The number of phenols is 1. The van der Waals surface area contributed by atoms with E-state index in [-0.39, 0.29) is 11.8 Å². The van der Waals surface area contributed by atoms with Gasteiger partial charge in [0.2, 0.25) is 0 Å². The molecular formula is C14H23NO3. The van der Waals surface area contributed by atoms with Crippen molar-refractivity contribution in [1.82, 2.24) is 4.90 Å². The molecule has 0 aliphatic rings. The van der Waals surface area contributed by atoms with E-state index in [9.17, 15) is 5.11 Å². The summed E-state index contributed by atoms with van der Waals surface area (Å²) in [5, 5.41) is 9.57. The van der Waals surface area contributed by atoms with Crippen LogP contribution >= 0.6 is 0 Å². The summed E-state index contributed by atoms with van der Waals surface area (Å²) in [5.41, 5.74) is 1.13. The van der Waals surface area contributed by atoms with Crippen molar-refractivity contribution in [3.8, 4) is 11.5 Å². The first-order chi connectivity index (χ1) is 8.60. The fourth-order valence-corrected chi connectivity index (χ4v) is 1.86. The van der Waals surface area contributed by atoms with Crippen molar-refractivity contribution in [3.05, 3.63) is 23.8 Å². The van der Waals surface area contributed by atoms with Crippen molar-refractivity contribution in [1.29, 1.82) is 0 Å². The van der Waals surface area contributed by atoms with Crippen molar-refractivity contribution >= 4 is 0 Å². The van der Waals surface area contributed by atoms with Crippen LogP contribution in [0.25, 0.3) is 0 Å². The van der Waals surface area contributed by atoms with E-state index in [2.05, 4.69) is 18.9 Å². The van der Waals surface area contributed by atoms with Crippen molar-refractivity contribution in [2.45, 2.75) is 19.4 Å². The van der Waals surface area contributed by atoms with Crippen LogP contribution in [0.3, 0.4) is 0 Å². The molecule has 102 valence electrons. The average molecular weight is 253 g/mol. The molecule has 4 nitrogen and oxygen atoms in total. The Bertz CT molecular complexity index is 368. The van der Waals surface area contributed by atoms with E-state index in [4.69, 9.17) is 9.47 Å². The zero-order chi connectivity index (χ0) is 13.5. The second-order valence-electron chi connectivity index (χ2n) is 4.43. The second-order valence-corrected chi connectivity index (χ2v) is 4.43. The Balaban J connectivity index is 2.67. The fourth-order valence-electron chi connectivity index (χ4n) is 1.86. The van der Waals surface area contributed by atoms with Crippen LogP contribution in [-0.4, -0.2) is 44.4 Å². The molecule has 0 fully saturated rings. The summed E-state index contributed by atoms with van der Waals surface area (Å²) in [7, 11) is 5.36. The van der Waals surface area contributed by atoms with Gasteiger partial charge in [-0.15, -0.1) is 0 Å². The fraction of sp³-hybridized carbons (Fsp3) is 0.571. The Hall–Kier alpha value is -1.26. The van der Waals surface area contributed by atoms with Gasteiger partial charge < -0.3 is 14.6 Å². The third-order valence-electron chi connectivity index (χ3n) is 3.21. The largest absolute Gasteiger partial charge is 0.504 e. The first-order valence-corrected chi connectivity index (χ1v) is 6.16. The first kappa shape index (κ1) is 14.8. The maximum absolute atomic E-state index is 9.57. The molecule has 0 heterocycles. The van der Waals surface area contributed by atoms with E-state index in [0.717, 1.165) is 25.1 Å². The highest BCUT2D eigenvalue weighted by Crippen LogP contribution is 2.30. The van der Waals surface area contributed by atoms with Gasteiger partial charge in [0.15, 0.2) is 11.5 Å². The summed E-state index contributed by atoms with van der Waals surface area (Å²) in [6.07, 6.45) is 1.01. The predicted molar refractivity (Wildman–Crippen MR) is 72.2 cm³/mol. The number of phenolic OH excluding ortho intramolecular Hbond substituents is 1. The van der Waals surface area contributed by atoms with Gasteiger partial charge in [-0.3, -0.25) is 4.90 Å². The number of aromatic hydroxyl groups is 1. The lowest BCUT2D eigenvalue weighted by Crippen LogP contribution is -2.24. The molecule has 0 bridgehead atoms. The monoisotopic (exact) mass is 253 g/mol. The molecule has 1 aromatic rings. The molecule has 1 rings (SSSR count). The van der Waals surface area contributed by atoms with E-state index in [0.29, 0.717) is 5.75 Å². The van der Waals surface area contributed by atoms with Crippen LogP contribution in [0.15, 0.2) is 18.2 Å². The maximum atomic E-state index is 9.57. The highest BCUT2D eigenvalue weighted by atomic mass is 16.5. The highest BCUT2D eigenvalue weighted by molar-refractivity contribution is 5.42. The zero-order valence-corrected chi connectivity index (χ0v) is 11.6. The SMILES string of the molecule is COCCCN(C)C(C)c1ccc(O)c(OC)c1. The normalized spacial score (nSPS) is 12.7. The minimum atomic E-state index is 0.176. The van der Waals surface area contributed by atoms with E-state index in [1.54, 1.807) is 20.3 Å². The Morgan fingerprint density at radius 1 is 1.33 bits per heavy atom. The molecular weight excluding hydrogens is 230 g/mol. The molecule has 4 heteroatoms. The number of methoxy groups -OCH3 is 2. The number of rotatable bonds is 7. The van der Waals surface area contributed by atoms with Crippen molar-refractivity contribution in [2.24, 2.45) is 0 Å². The third-order valence-corrected chi connectivity index (χ3v) is 3.21. The molecule has 1 atom stereocenters. The Morgan fingerprint density at radius 2 is 2.06 bits per heavy atom. The van der Waals surface area contributed by atoms with Crippen LogP contribution in [-0.2, 0) is 4.74 Å². The van der Waals surface area contributed by atoms with E-state index >= 15 is 0 Å². The molecule has 0 amide bonds. The minimum absolute atomic E-state index is 0.176. The molecule has 1 unspecified atom stereocenters.